The predicted octanol–water partition coefficient (Wildman–Crippen LogP) is 2.46. The number of nitrogens with zero attached hydrogens (tertiary/aromatic N) is 1. The van der Waals surface area contributed by atoms with Crippen molar-refractivity contribution < 1.29 is 0 Å². The van der Waals surface area contributed by atoms with E-state index in [-0.39, 0.29) is 0 Å². The molecule has 0 atom stereocenters. The van der Waals surface area contributed by atoms with Crippen LogP contribution in [-0.4, -0.2) is 24.1 Å². The number of nitrogens with one attached hydrogen (secondary N) is 2. The van der Waals surface area contributed by atoms with Gasteiger partial charge in [0.1, 0.15) is 0 Å². The highest BCUT2D eigenvalue weighted by Gasteiger charge is 2.12. The molecule has 0 bridgehead atoms. The third kappa shape index (κ3) is 2.03. The second-order valence-corrected chi connectivity index (χ2v) is 5.09. The number of rotatable bonds is 2. The molecule has 0 radical (unpaired) electrons. The molecule has 0 amide bonds. The highest BCUT2D eigenvalue weighted by atomic mass is 32.1. The van der Waals surface area contributed by atoms with Crippen molar-refractivity contribution in [1.82, 2.24) is 10.3 Å². The minimum atomic E-state index is 0.617. The molecule has 1 saturated heterocycles. The van der Waals surface area contributed by atoms with Crippen LogP contribution >= 0.6 is 11.3 Å². The molecule has 1 aromatic carbocycles. The topological polar surface area (TPSA) is 37.0 Å². The van der Waals surface area contributed by atoms with E-state index in [2.05, 4.69) is 33.8 Å². The molecule has 0 saturated carbocycles. The number of thiazole rings is 1. The summed E-state index contributed by atoms with van der Waals surface area (Å²) < 4.78 is 1.26. The molecule has 1 aromatic heterocycles. The van der Waals surface area contributed by atoms with Gasteiger partial charge in [0, 0.05) is 11.7 Å². The molecule has 3 nitrogen and oxygen atoms in total. The molecule has 0 spiro atoms. The molecule has 3 rings (SSSR count). The maximum absolute atomic E-state index is 4.29. The van der Waals surface area contributed by atoms with Gasteiger partial charge in [-0.05, 0) is 44.1 Å². The van der Waals surface area contributed by atoms with Gasteiger partial charge in [0.05, 0.1) is 15.7 Å². The predicted molar refractivity (Wildman–Crippen MR) is 69.1 cm³/mol. The van der Waals surface area contributed by atoms with E-state index in [9.17, 15) is 0 Å². The van der Waals surface area contributed by atoms with E-state index >= 15 is 0 Å². The summed E-state index contributed by atoms with van der Waals surface area (Å²) in [6, 6.07) is 7.04. The average molecular weight is 233 g/mol. The SMILES string of the molecule is c1nc2ccc(NC3CCNCC3)cc2s1. The van der Waals surface area contributed by atoms with Gasteiger partial charge in [-0.3, -0.25) is 0 Å². The fraction of sp³-hybridized carbons (Fsp3) is 0.417. The van der Waals surface area contributed by atoms with Gasteiger partial charge in [-0.1, -0.05) is 0 Å². The van der Waals surface area contributed by atoms with Gasteiger partial charge in [0.15, 0.2) is 0 Å². The summed E-state index contributed by atoms with van der Waals surface area (Å²) in [6.45, 7) is 2.25. The molecular weight excluding hydrogens is 218 g/mol. The van der Waals surface area contributed by atoms with Gasteiger partial charge < -0.3 is 10.6 Å². The van der Waals surface area contributed by atoms with Crippen molar-refractivity contribution in [2.45, 2.75) is 18.9 Å². The van der Waals surface area contributed by atoms with Crippen LogP contribution in [0.25, 0.3) is 10.2 Å². The first-order valence-corrected chi connectivity index (χ1v) is 6.60. The number of piperidine rings is 1. The van der Waals surface area contributed by atoms with Crippen LogP contribution in [0.15, 0.2) is 23.7 Å². The second-order valence-electron chi connectivity index (χ2n) is 4.20. The van der Waals surface area contributed by atoms with Crippen LogP contribution in [0.1, 0.15) is 12.8 Å². The first-order chi connectivity index (χ1) is 7.92. The van der Waals surface area contributed by atoms with E-state index < -0.39 is 0 Å². The Balaban J connectivity index is 1.77. The molecule has 4 heteroatoms. The van der Waals surface area contributed by atoms with Gasteiger partial charge >= 0.3 is 0 Å². The first kappa shape index (κ1) is 10.1. The van der Waals surface area contributed by atoms with E-state index in [1.54, 1.807) is 11.3 Å². The van der Waals surface area contributed by atoms with Gasteiger partial charge in [0.2, 0.25) is 0 Å². The van der Waals surface area contributed by atoms with Crippen molar-refractivity contribution in [3.63, 3.8) is 0 Å². The molecule has 84 valence electrons. The van der Waals surface area contributed by atoms with Crippen molar-refractivity contribution in [3.8, 4) is 0 Å². The second kappa shape index (κ2) is 4.39. The lowest BCUT2D eigenvalue weighted by Crippen LogP contribution is -2.35. The molecular formula is C12H15N3S. The van der Waals surface area contributed by atoms with Crippen LogP contribution in [0.3, 0.4) is 0 Å². The molecule has 2 aromatic rings. The summed E-state index contributed by atoms with van der Waals surface area (Å²) in [5.74, 6) is 0. The number of benzene rings is 1. The maximum atomic E-state index is 4.29. The highest BCUT2D eigenvalue weighted by Crippen LogP contribution is 2.23. The van der Waals surface area contributed by atoms with Gasteiger partial charge in [-0.15, -0.1) is 11.3 Å². The number of hydrogen-bond acceptors (Lipinski definition) is 4. The lowest BCUT2D eigenvalue weighted by molar-refractivity contribution is 0.479. The third-order valence-corrected chi connectivity index (χ3v) is 3.83. The Hall–Kier alpha value is -1.13. The van der Waals surface area contributed by atoms with Gasteiger partial charge in [0.25, 0.3) is 0 Å². The van der Waals surface area contributed by atoms with Crippen molar-refractivity contribution in [2.24, 2.45) is 0 Å². The average Bonchev–Trinajstić information content (AvgIpc) is 2.77. The first-order valence-electron chi connectivity index (χ1n) is 5.72. The maximum Gasteiger partial charge on any atom is 0.0813 e. The number of fused-ring (bicyclic) bond motifs is 1. The van der Waals surface area contributed by atoms with E-state index in [4.69, 9.17) is 0 Å². The van der Waals surface area contributed by atoms with Crippen LogP contribution in [0, 0.1) is 0 Å². The normalized spacial score (nSPS) is 17.8. The van der Waals surface area contributed by atoms with Crippen LogP contribution in [-0.2, 0) is 0 Å². The molecule has 1 aliphatic rings. The van der Waals surface area contributed by atoms with E-state index in [1.165, 1.54) is 23.2 Å². The van der Waals surface area contributed by atoms with Gasteiger partial charge in [-0.25, -0.2) is 4.98 Å². The minimum absolute atomic E-state index is 0.617. The fourth-order valence-corrected chi connectivity index (χ4v) is 2.86. The summed E-state index contributed by atoms with van der Waals surface area (Å²) in [5.41, 5.74) is 4.23. The Morgan fingerprint density at radius 1 is 1.31 bits per heavy atom. The summed E-state index contributed by atoms with van der Waals surface area (Å²) in [6.07, 6.45) is 2.42. The molecule has 1 fully saturated rings. The smallest absolute Gasteiger partial charge is 0.0813 e. The number of anilines is 1. The zero-order valence-electron chi connectivity index (χ0n) is 9.07. The molecule has 16 heavy (non-hydrogen) atoms. The van der Waals surface area contributed by atoms with Gasteiger partial charge in [-0.2, -0.15) is 0 Å². The van der Waals surface area contributed by atoms with E-state index in [1.807, 2.05) is 5.51 Å². The van der Waals surface area contributed by atoms with E-state index in [0.29, 0.717) is 6.04 Å². The lowest BCUT2D eigenvalue weighted by Gasteiger charge is -2.24. The monoisotopic (exact) mass is 233 g/mol. The lowest BCUT2D eigenvalue weighted by atomic mass is 10.1. The Bertz CT molecular complexity index is 474. The summed E-state index contributed by atoms with van der Waals surface area (Å²) >= 11 is 1.70. The van der Waals surface area contributed by atoms with Crippen LogP contribution < -0.4 is 10.6 Å². The molecule has 2 heterocycles. The minimum Gasteiger partial charge on any atom is -0.382 e. The zero-order valence-corrected chi connectivity index (χ0v) is 9.89. The summed E-state index contributed by atoms with van der Waals surface area (Å²) in [5, 5.41) is 6.98. The number of aromatic nitrogens is 1. The van der Waals surface area contributed by atoms with E-state index in [0.717, 1.165) is 18.6 Å². The third-order valence-electron chi connectivity index (χ3n) is 3.04. The fourth-order valence-electron chi connectivity index (χ4n) is 2.15. The van der Waals surface area contributed by atoms with Crippen LogP contribution in [0.4, 0.5) is 5.69 Å². The van der Waals surface area contributed by atoms with Crippen molar-refractivity contribution in [2.75, 3.05) is 18.4 Å². The van der Waals surface area contributed by atoms with Crippen LogP contribution in [0.5, 0.6) is 0 Å². The Morgan fingerprint density at radius 2 is 2.19 bits per heavy atom. The molecule has 0 aliphatic carbocycles. The van der Waals surface area contributed by atoms with Crippen molar-refractivity contribution in [3.05, 3.63) is 23.7 Å². The van der Waals surface area contributed by atoms with Crippen molar-refractivity contribution >= 4 is 27.2 Å². The largest absolute Gasteiger partial charge is 0.382 e. The molecule has 1 aliphatic heterocycles. The summed E-state index contributed by atoms with van der Waals surface area (Å²) in [4.78, 5) is 4.29. The molecule has 2 N–H and O–H groups in total. The van der Waals surface area contributed by atoms with Crippen LogP contribution in [0.2, 0.25) is 0 Å². The Morgan fingerprint density at radius 3 is 3.06 bits per heavy atom. The van der Waals surface area contributed by atoms with Crippen molar-refractivity contribution in [1.29, 1.82) is 0 Å². The summed E-state index contributed by atoms with van der Waals surface area (Å²) in [7, 11) is 0. The Kier molecular flexibility index (Phi) is 2.76. The highest BCUT2D eigenvalue weighted by molar-refractivity contribution is 7.16. The standard InChI is InChI=1S/C12H15N3S/c1-2-11-12(16-8-14-11)7-10(1)15-9-3-5-13-6-4-9/h1-2,7-9,13,15H,3-6H2. The Labute approximate surface area is 98.9 Å². The number of hydrogen-bond donors (Lipinski definition) is 2. The zero-order chi connectivity index (χ0) is 10.8. The quantitative estimate of drug-likeness (QED) is 0.836. The molecule has 0 unspecified atom stereocenters.